The molecule has 162 valence electrons. The molecular formula is C24H27ClN4O2. The summed E-state index contributed by atoms with van der Waals surface area (Å²) in [6.45, 7) is 3.30. The highest BCUT2D eigenvalue weighted by Crippen LogP contribution is 2.28. The van der Waals surface area contributed by atoms with Crippen LogP contribution < -0.4 is 5.43 Å². The molecule has 0 saturated carbocycles. The number of hydrogen-bond donors (Lipinski definition) is 1. The number of nitrogens with one attached hydrogen (secondary N) is 1. The van der Waals surface area contributed by atoms with Gasteiger partial charge in [0.05, 0.1) is 5.92 Å². The van der Waals surface area contributed by atoms with Gasteiger partial charge in [-0.1, -0.05) is 29.8 Å². The van der Waals surface area contributed by atoms with Gasteiger partial charge in [-0.2, -0.15) is 5.10 Å². The third kappa shape index (κ3) is 5.31. The second kappa shape index (κ2) is 9.60. The maximum absolute atomic E-state index is 12.6. The molecule has 2 aliphatic rings. The van der Waals surface area contributed by atoms with Gasteiger partial charge in [0.1, 0.15) is 0 Å². The van der Waals surface area contributed by atoms with E-state index >= 15 is 0 Å². The Balaban J connectivity index is 1.26. The van der Waals surface area contributed by atoms with Crippen LogP contribution in [0.5, 0.6) is 0 Å². The summed E-state index contributed by atoms with van der Waals surface area (Å²) in [5, 5.41) is 4.69. The van der Waals surface area contributed by atoms with Crippen molar-refractivity contribution in [2.24, 2.45) is 11.0 Å². The summed E-state index contributed by atoms with van der Waals surface area (Å²) in [7, 11) is 0. The van der Waals surface area contributed by atoms with E-state index in [2.05, 4.69) is 28.7 Å². The summed E-state index contributed by atoms with van der Waals surface area (Å²) in [4.78, 5) is 31.0. The molecule has 4 rings (SSSR count). The average Bonchev–Trinajstić information content (AvgIpc) is 3.10. The van der Waals surface area contributed by atoms with Crippen LogP contribution in [0.1, 0.15) is 55.3 Å². The third-order valence-corrected chi connectivity index (χ3v) is 6.46. The molecule has 6 nitrogen and oxygen atoms in total. The number of piperidine rings is 1. The van der Waals surface area contributed by atoms with Crippen molar-refractivity contribution in [3.8, 4) is 0 Å². The van der Waals surface area contributed by atoms with Crippen molar-refractivity contribution in [3.05, 3.63) is 64.4 Å². The smallest absolute Gasteiger partial charge is 0.248 e. The number of hydrogen-bond acceptors (Lipinski definition) is 4. The first-order valence-corrected chi connectivity index (χ1v) is 11.2. The fourth-order valence-electron chi connectivity index (χ4n) is 4.34. The monoisotopic (exact) mass is 438 g/mol. The number of rotatable bonds is 6. The molecule has 0 bridgehead atoms. The first-order chi connectivity index (χ1) is 15.0. The zero-order valence-corrected chi connectivity index (χ0v) is 18.4. The number of hydrazone groups is 1. The number of likely N-dealkylation sites (tertiary alicyclic amines) is 1. The van der Waals surface area contributed by atoms with Gasteiger partial charge in [-0.25, -0.2) is 5.43 Å². The Bertz CT molecular complexity index is 981. The van der Waals surface area contributed by atoms with Gasteiger partial charge in [-0.05, 0) is 61.9 Å². The highest BCUT2D eigenvalue weighted by atomic mass is 35.5. The minimum absolute atomic E-state index is 0.103. The second-order valence-corrected chi connectivity index (χ2v) is 8.81. The van der Waals surface area contributed by atoms with Gasteiger partial charge in [0.15, 0.2) is 0 Å². The van der Waals surface area contributed by atoms with Crippen LogP contribution in [0, 0.1) is 5.92 Å². The number of pyridine rings is 1. The summed E-state index contributed by atoms with van der Waals surface area (Å²) in [5.41, 5.74) is 6.67. The van der Waals surface area contributed by atoms with Crippen molar-refractivity contribution in [2.45, 2.75) is 44.9 Å². The molecule has 2 aromatic rings. The lowest BCUT2D eigenvalue weighted by Crippen LogP contribution is -2.38. The zero-order valence-electron chi connectivity index (χ0n) is 17.7. The molecule has 7 heteroatoms. The summed E-state index contributed by atoms with van der Waals surface area (Å²) < 4.78 is 0. The number of amides is 2. The normalized spacial score (nSPS) is 19.3. The lowest BCUT2D eigenvalue weighted by atomic mass is 9.92. The first-order valence-electron chi connectivity index (χ1n) is 10.8. The number of nitrogens with zero attached hydrogens (tertiary/aromatic N) is 3. The van der Waals surface area contributed by atoms with Gasteiger partial charge in [0.25, 0.3) is 0 Å². The van der Waals surface area contributed by atoms with Crippen LogP contribution in [-0.2, 0) is 16.0 Å². The highest BCUT2D eigenvalue weighted by Gasteiger charge is 2.29. The average molecular weight is 439 g/mol. The number of aromatic nitrogens is 1. The highest BCUT2D eigenvalue weighted by molar-refractivity contribution is 6.30. The summed E-state index contributed by atoms with van der Waals surface area (Å²) in [6, 6.07) is 12.1. The van der Waals surface area contributed by atoms with Crippen LogP contribution in [0.4, 0.5) is 0 Å². The minimum Gasteiger partial charge on any atom is -0.343 e. The largest absolute Gasteiger partial charge is 0.343 e. The standard InChI is InChI=1S/C24H27ClN4O2/c1-16-21(24(31)28-27-16)6-8-23(30)29-11-9-19(10-12-29)22-7-5-18(15-26-22)13-17-3-2-4-20(25)14-17/h2-5,7,14-15,19,21H,6,8-13H2,1H3,(H,28,31)/t21-/m1/s1. The van der Waals surface area contributed by atoms with Crippen molar-refractivity contribution >= 4 is 29.1 Å². The molecule has 1 aromatic heterocycles. The van der Waals surface area contributed by atoms with E-state index in [0.29, 0.717) is 18.8 Å². The molecule has 2 amide bonds. The van der Waals surface area contributed by atoms with Crippen LogP contribution in [0.3, 0.4) is 0 Å². The van der Waals surface area contributed by atoms with E-state index in [1.807, 2.05) is 36.2 Å². The molecule has 1 atom stereocenters. The van der Waals surface area contributed by atoms with Gasteiger partial charge in [-0.15, -0.1) is 0 Å². The molecule has 0 unspecified atom stereocenters. The van der Waals surface area contributed by atoms with E-state index in [9.17, 15) is 9.59 Å². The van der Waals surface area contributed by atoms with Gasteiger partial charge in [-0.3, -0.25) is 14.6 Å². The van der Waals surface area contributed by atoms with E-state index in [1.54, 1.807) is 0 Å². The molecule has 1 fully saturated rings. The second-order valence-electron chi connectivity index (χ2n) is 8.37. The Morgan fingerprint density at radius 2 is 2.00 bits per heavy atom. The lowest BCUT2D eigenvalue weighted by molar-refractivity contribution is -0.132. The van der Waals surface area contributed by atoms with Gasteiger partial charge < -0.3 is 4.90 Å². The van der Waals surface area contributed by atoms with Crippen molar-refractivity contribution in [1.29, 1.82) is 0 Å². The SMILES string of the molecule is CC1=NNC(=O)[C@@H]1CCC(=O)N1CCC(c2ccc(Cc3cccc(Cl)c3)cn2)CC1. The van der Waals surface area contributed by atoms with Crippen molar-refractivity contribution < 1.29 is 9.59 Å². The van der Waals surface area contributed by atoms with Gasteiger partial charge in [0, 0.05) is 48.1 Å². The maximum atomic E-state index is 12.6. The molecule has 3 heterocycles. The van der Waals surface area contributed by atoms with Crippen molar-refractivity contribution in [1.82, 2.24) is 15.3 Å². The zero-order chi connectivity index (χ0) is 21.8. The third-order valence-electron chi connectivity index (χ3n) is 6.22. The Kier molecular flexibility index (Phi) is 6.66. The van der Waals surface area contributed by atoms with Crippen LogP contribution >= 0.6 is 11.6 Å². The molecule has 1 N–H and O–H groups in total. The van der Waals surface area contributed by atoms with E-state index in [0.717, 1.165) is 54.3 Å². The Labute approximate surface area is 187 Å². The summed E-state index contributed by atoms with van der Waals surface area (Å²) in [6.07, 6.45) is 5.49. The van der Waals surface area contributed by atoms with Crippen molar-refractivity contribution in [2.75, 3.05) is 13.1 Å². The van der Waals surface area contributed by atoms with Crippen LogP contribution in [0.25, 0.3) is 0 Å². The Hall–Kier alpha value is -2.73. The molecule has 0 radical (unpaired) electrons. The van der Waals surface area contributed by atoms with Crippen LogP contribution in [0.2, 0.25) is 5.02 Å². The number of halogens is 1. The molecule has 0 aliphatic carbocycles. The summed E-state index contributed by atoms with van der Waals surface area (Å²) >= 11 is 6.07. The fraction of sp³-hybridized carbons (Fsp3) is 0.417. The molecule has 31 heavy (non-hydrogen) atoms. The van der Waals surface area contributed by atoms with E-state index in [4.69, 9.17) is 16.6 Å². The molecule has 1 aromatic carbocycles. The van der Waals surface area contributed by atoms with Crippen LogP contribution in [-0.4, -0.2) is 40.5 Å². The Morgan fingerprint density at radius 1 is 1.19 bits per heavy atom. The fourth-order valence-corrected chi connectivity index (χ4v) is 4.56. The molecule has 1 saturated heterocycles. The molecular weight excluding hydrogens is 412 g/mol. The quantitative estimate of drug-likeness (QED) is 0.742. The molecule has 0 spiro atoms. The topological polar surface area (TPSA) is 74.7 Å². The van der Waals surface area contributed by atoms with E-state index in [-0.39, 0.29) is 17.7 Å². The number of carbonyl (C=O) groups excluding carboxylic acids is 2. The Morgan fingerprint density at radius 3 is 2.65 bits per heavy atom. The van der Waals surface area contributed by atoms with Gasteiger partial charge >= 0.3 is 0 Å². The maximum Gasteiger partial charge on any atom is 0.248 e. The predicted octanol–water partition coefficient (Wildman–Crippen LogP) is 3.93. The minimum atomic E-state index is -0.267. The first kappa shape index (κ1) is 21.5. The van der Waals surface area contributed by atoms with Crippen molar-refractivity contribution in [3.63, 3.8) is 0 Å². The van der Waals surface area contributed by atoms with Crippen LogP contribution in [0.15, 0.2) is 47.7 Å². The number of benzene rings is 1. The van der Waals surface area contributed by atoms with Gasteiger partial charge in [0.2, 0.25) is 11.8 Å². The molecule has 2 aliphatic heterocycles. The summed E-state index contributed by atoms with van der Waals surface area (Å²) in [5.74, 6) is 0.125. The number of carbonyl (C=O) groups is 2. The van der Waals surface area contributed by atoms with E-state index in [1.165, 1.54) is 5.56 Å². The lowest BCUT2D eigenvalue weighted by Gasteiger charge is -2.32. The van der Waals surface area contributed by atoms with E-state index < -0.39 is 0 Å². The predicted molar refractivity (Wildman–Crippen MR) is 121 cm³/mol.